The highest BCUT2D eigenvalue weighted by atomic mass is 16.6. The molecule has 1 spiro atoms. The Kier molecular flexibility index (Phi) is 10.0. The van der Waals surface area contributed by atoms with Crippen LogP contribution in [0.5, 0.6) is 5.75 Å². The van der Waals surface area contributed by atoms with E-state index in [1.165, 1.54) is 21.1 Å². The fraction of sp³-hybridized carbons (Fsp3) is 0.574. The summed E-state index contributed by atoms with van der Waals surface area (Å²) < 4.78 is 24.0. The van der Waals surface area contributed by atoms with Crippen LogP contribution in [0.2, 0.25) is 0 Å². The minimum absolute atomic E-state index is 0.125. The van der Waals surface area contributed by atoms with Crippen molar-refractivity contribution in [2.24, 2.45) is 17.1 Å². The molecule has 1 saturated carbocycles. The van der Waals surface area contributed by atoms with E-state index in [0.29, 0.717) is 82.6 Å². The van der Waals surface area contributed by atoms with Crippen molar-refractivity contribution in [1.29, 1.82) is 0 Å². The van der Waals surface area contributed by atoms with E-state index in [4.69, 9.17) is 24.7 Å². The first kappa shape index (κ1) is 42.2. The summed E-state index contributed by atoms with van der Waals surface area (Å²) in [4.78, 5) is 66.0. The third-order valence-corrected chi connectivity index (χ3v) is 16.0. The predicted molar refractivity (Wildman–Crippen MR) is 231 cm³/mol. The van der Waals surface area contributed by atoms with Crippen LogP contribution in [-0.2, 0) is 45.8 Å². The average Bonchev–Trinajstić information content (AvgIpc) is 3.92. The number of rotatable bonds is 8. The van der Waals surface area contributed by atoms with Gasteiger partial charge in [0.05, 0.1) is 32.9 Å². The van der Waals surface area contributed by atoms with Crippen LogP contribution in [0.25, 0.3) is 10.9 Å². The lowest BCUT2D eigenvalue weighted by Gasteiger charge is -2.63. The van der Waals surface area contributed by atoms with Crippen molar-refractivity contribution in [2.45, 2.75) is 99.5 Å². The number of ether oxygens (including phenoxy) is 4. The van der Waals surface area contributed by atoms with Gasteiger partial charge in [-0.05, 0) is 74.2 Å². The smallest absolute Gasteiger partial charge is 0.344 e. The molecule has 2 unspecified atom stereocenters. The Morgan fingerprint density at radius 2 is 1.74 bits per heavy atom. The number of nitrogens with two attached hydrogens (primary N) is 1. The summed E-state index contributed by atoms with van der Waals surface area (Å²) in [6.07, 6.45) is 5.93. The molecule has 332 valence electrons. The number of nitrogens with zero attached hydrogens (tertiary/aromatic N) is 3. The normalized spacial score (nSPS) is 35.6. The Morgan fingerprint density at radius 1 is 0.984 bits per heavy atom. The van der Waals surface area contributed by atoms with Gasteiger partial charge in [-0.1, -0.05) is 44.2 Å². The van der Waals surface area contributed by atoms with E-state index < -0.39 is 63.5 Å². The third-order valence-electron chi connectivity index (χ3n) is 16.0. The Morgan fingerprint density at radius 3 is 2.42 bits per heavy atom. The molecule has 3 aromatic rings. The van der Waals surface area contributed by atoms with Gasteiger partial charge in [0.15, 0.2) is 6.10 Å². The van der Waals surface area contributed by atoms with Crippen LogP contribution in [-0.4, -0.2) is 134 Å². The average molecular weight is 853 g/mol. The molecule has 2 saturated heterocycles. The molecule has 5 N–H and O–H groups in total. The number of aromatic amines is 1. The highest BCUT2D eigenvalue weighted by Crippen LogP contribution is 2.68. The molecule has 62 heavy (non-hydrogen) atoms. The summed E-state index contributed by atoms with van der Waals surface area (Å²) in [7, 11) is 6.11. The monoisotopic (exact) mass is 852 g/mol. The summed E-state index contributed by atoms with van der Waals surface area (Å²) in [6, 6.07) is 10.3. The lowest BCUT2D eigenvalue weighted by molar-refractivity contribution is -0.228. The molecule has 1 aliphatic carbocycles. The molecule has 3 fully saturated rings. The van der Waals surface area contributed by atoms with E-state index >= 15 is 4.79 Å². The molecule has 9 rings (SSSR count). The predicted octanol–water partition coefficient (Wildman–Crippen LogP) is 3.67. The van der Waals surface area contributed by atoms with Crippen molar-refractivity contribution in [3.8, 4) is 5.75 Å². The first-order valence-electron chi connectivity index (χ1n) is 22.0. The van der Waals surface area contributed by atoms with Crippen molar-refractivity contribution in [1.82, 2.24) is 20.1 Å². The van der Waals surface area contributed by atoms with Gasteiger partial charge in [-0.25, -0.2) is 9.59 Å². The molecule has 15 nitrogen and oxygen atoms in total. The van der Waals surface area contributed by atoms with Gasteiger partial charge in [-0.2, -0.15) is 0 Å². The maximum atomic E-state index is 15.5. The molecule has 10 atom stereocenters. The molecular weight excluding hydrogens is 793 g/mol. The number of carbonyl (C=O) groups is 4. The van der Waals surface area contributed by atoms with Gasteiger partial charge in [0.1, 0.15) is 11.2 Å². The van der Waals surface area contributed by atoms with Gasteiger partial charge in [0.2, 0.25) is 5.60 Å². The zero-order valence-corrected chi connectivity index (χ0v) is 36.8. The Labute approximate surface area is 362 Å². The van der Waals surface area contributed by atoms with Crippen molar-refractivity contribution in [3.63, 3.8) is 0 Å². The lowest BCUT2D eigenvalue weighted by Crippen LogP contribution is -2.81. The minimum atomic E-state index is -2.32. The molecular formula is C47H60N6O9. The Bertz CT molecular complexity index is 2380. The van der Waals surface area contributed by atoms with Crippen LogP contribution in [0.15, 0.2) is 48.6 Å². The van der Waals surface area contributed by atoms with E-state index in [2.05, 4.69) is 39.2 Å². The van der Waals surface area contributed by atoms with E-state index in [-0.39, 0.29) is 12.0 Å². The fourth-order valence-corrected chi connectivity index (χ4v) is 14.0. The maximum absolute atomic E-state index is 15.5. The van der Waals surface area contributed by atoms with Crippen LogP contribution in [0, 0.1) is 11.3 Å². The number of hydrogen-bond donors (Lipinski definition) is 4. The van der Waals surface area contributed by atoms with E-state index in [0.717, 1.165) is 33.4 Å². The van der Waals surface area contributed by atoms with Crippen molar-refractivity contribution >= 4 is 40.5 Å². The molecule has 2 amide bonds. The van der Waals surface area contributed by atoms with Crippen molar-refractivity contribution in [2.75, 3.05) is 66.0 Å². The van der Waals surface area contributed by atoms with Gasteiger partial charge >= 0.3 is 23.9 Å². The van der Waals surface area contributed by atoms with Gasteiger partial charge in [0, 0.05) is 90.9 Å². The quantitative estimate of drug-likeness (QED) is 0.147. The van der Waals surface area contributed by atoms with Crippen LogP contribution < -0.4 is 20.7 Å². The molecule has 5 aliphatic heterocycles. The van der Waals surface area contributed by atoms with Gasteiger partial charge in [-0.3, -0.25) is 14.5 Å². The SMILES string of the molecule is CC[C@]1(NC(N)=O)CC2CN(CCc3c([nH]c4ccccc34)[C@@](C(=O)OC)(c3cc4c(cc3OC)N(C)[C@H]3[C@@](O)(C(=O)OC)[C@H](OC(C)=O)[C@]5(CC)C=CCN6CC[C@]43[C@@H]65)C2)C1. The van der Waals surface area contributed by atoms with E-state index in [1.54, 1.807) is 7.11 Å². The largest absolute Gasteiger partial charge is 0.496 e. The molecule has 2 aromatic carbocycles. The van der Waals surface area contributed by atoms with E-state index in [1.807, 2.05) is 55.3 Å². The topological polar surface area (TPSA) is 189 Å². The van der Waals surface area contributed by atoms with Gasteiger partial charge in [0.25, 0.3) is 0 Å². The first-order valence-corrected chi connectivity index (χ1v) is 22.0. The summed E-state index contributed by atoms with van der Waals surface area (Å²) in [5.41, 5.74) is 4.28. The van der Waals surface area contributed by atoms with Crippen molar-refractivity contribution < 1.29 is 43.2 Å². The third kappa shape index (κ3) is 5.52. The zero-order valence-electron chi connectivity index (χ0n) is 36.8. The summed E-state index contributed by atoms with van der Waals surface area (Å²) in [5.74, 6) is -1.66. The second kappa shape index (κ2) is 14.7. The number of aromatic nitrogens is 1. The number of anilines is 1. The number of para-hydroxylation sites is 1. The number of aliphatic hydroxyl groups is 1. The van der Waals surface area contributed by atoms with Crippen molar-refractivity contribution in [3.05, 3.63) is 70.9 Å². The zero-order chi connectivity index (χ0) is 44.1. The number of esters is 3. The number of fused-ring (bicyclic) bond motifs is 6. The number of primary amides is 1. The fourth-order valence-electron chi connectivity index (χ4n) is 14.0. The highest BCUT2D eigenvalue weighted by Gasteiger charge is 2.80. The molecule has 0 radical (unpaired) electrons. The maximum Gasteiger partial charge on any atom is 0.344 e. The van der Waals surface area contributed by atoms with Crippen LogP contribution >= 0.6 is 0 Å². The summed E-state index contributed by atoms with van der Waals surface area (Å²) in [5, 5.41) is 17.5. The number of likely N-dealkylation sites (N-methyl/N-ethyl adjacent to an activating group) is 1. The molecule has 6 aliphatic rings. The molecule has 6 heterocycles. The number of methoxy groups -OCH3 is 3. The van der Waals surface area contributed by atoms with Crippen LogP contribution in [0.3, 0.4) is 0 Å². The standard InChI is InChI=1S/C47H60N6O9/c1-8-43(50-42(48)57)23-28-24-46(40(55)60-6,36-30(15-19-52(25-28)26-43)29-13-10-11-14-33(29)49-36)32-21-31-34(22-35(32)59-5)51(4)38-45(31)17-20-53-18-12-16-44(9-2,37(45)53)39(62-27(3)54)47(38,58)41(56)61-7/h10-14,16,21-22,28,37-39,49,58H,8-9,15,17-20,23-26H2,1-7H3,(H3,48,50,57)/t28?,37-,38+,39+,43-,44+,45+,46-,47-/m0/s1. The second-order valence-corrected chi connectivity index (χ2v) is 18.7. The summed E-state index contributed by atoms with van der Waals surface area (Å²) in [6.45, 7) is 8.62. The number of carbonyl (C=O) groups excluding carboxylic acids is 4. The van der Waals surface area contributed by atoms with Gasteiger partial charge in [-0.15, -0.1) is 0 Å². The number of piperidine rings is 1. The number of hydrogen-bond acceptors (Lipinski definition) is 12. The van der Waals surface area contributed by atoms with Crippen LogP contribution in [0.4, 0.5) is 10.5 Å². The Hall–Kier alpha value is -5.12. The van der Waals surface area contributed by atoms with Crippen LogP contribution in [0.1, 0.15) is 75.3 Å². The second-order valence-electron chi connectivity index (χ2n) is 18.7. The van der Waals surface area contributed by atoms with Gasteiger partial charge < -0.3 is 49.9 Å². The highest BCUT2D eigenvalue weighted by molar-refractivity contribution is 5.95. The molecule has 1 aromatic heterocycles. The minimum Gasteiger partial charge on any atom is -0.496 e. The molecule has 15 heteroatoms. The first-order chi connectivity index (χ1) is 29.6. The Balaban J connectivity index is 1.35. The molecule has 2 bridgehead atoms. The lowest BCUT2D eigenvalue weighted by atomic mass is 9.47. The number of H-pyrrole nitrogens is 1. The number of benzene rings is 2. The summed E-state index contributed by atoms with van der Waals surface area (Å²) >= 11 is 0. The number of urea groups is 1. The van der Waals surface area contributed by atoms with E-state index in [9.17, 15) is 19.5 Å². The number of amides is 2. The number of nitrogens with one attached hydrogen (secondary N) is 2.